The average molecular weight is 172 g/mol. The number of allylic oxidation sites excluding steroid dienone is 3. The van der Waals surface area contributed by atoms with Crippen LogP contribution >= 0.6 is 25.3 Å². The number of hydrogen-bond donors (Lipinski definition) is 2. The van der Waals surface area contributed by atoms with Crippen LogP contribution in [0.1, 0.15) is 6.42 Å². The maximum absolute atomic E-state index is 4.43. The smallest absolute Gasteiger partial charge is 0.0234 e. The van der Waals surface area contributed by atoms with Gasteiger partial charge in [0, 0.05) is 16.4 Å². The highest BCUT2D eigenvalue weighted by Gasteiger charge is 2.22. The molecule has 0 bridgehead atoms. The summed E-state index contributed by atoms with van der Waals surface area (Å²) in [5.74, 6) is 0.402. The summed E-state index contributed by atoms with van der Waals surface area (Å²) in [5, 5.41) is 0.724. The Balaban J connectivity index is 2.65. The molecule has 56 valence electrons. The Morgan fingerprint density at radius 3 is 2.70 bits per heavy atom. The van der Waals surface area contributed by atoms with Crippen molar-refractivity contribution >= 4 is 25.3 Å². The lowest BCUT2D eigenvalue weighted by Gasteiger charge is -2.25. The quantitative estimate of drug-likeness (QED) is 0.440. The van der Waals surface area contributed by atoms with E-state index in [1.54, 1.807) is 0 Å². The van der Waals surface area contributed by atoms with Gasteiger partial charge in [0.05, 0.1) is 0 Å². The molecule has 0 spiro atoms. The van der Waals surface area contributed by atoms with Gasteiger partial charge in [0.25, 0.3) is 0 Å². The molecular weight excluding hydrogens is 160 g/mol. The van der Waals surface area contributed by atoms with Crippen LogP contribution in [0.2, 0.25) is 0 Å². The van der Waals surface area contributed by atoms with E-state index < -0.39 is 0 Å². The Labute approximate surface area is 73.2 Å². The normalized spacial score (nSPS) is 39.6. The lowest BCUT2D eigenvalue weighted by molar-refractivity contribution is 0.672. The summed E-state index contributed by atoms with van der Waals surface area (Å²) in [6.07, 6.45) is 7.26. The van der Waals surface area contributed by atoms with Gasteiger partial charge in [-0.2, -0.15) is 25.3 Å². The van der Waals surface area contributed by atoms with Crippen molar-refractivity contribution in [1.29, 1.82) is 0 Å². The van der Waals surface area contributed by atoms with Crippen molar-refractivity contribution in [3.8, 4) is 0 Å². The third-order valence-corrected chi connectivity index (χ3v) is 3.27. The Morgan fingerprint density at radius 1 is 1.50 bits per heavy atom. The Hall–Kier alpha value is 0.180. The molecule has 0 amide bonds. The Bertz CT molecular complexity index is 151. The van der Waals surface area contributed by atoms with Crippen molar-refractivity contribution in [2.75, 3.05) is 0 Å². The molecule has 10 heavy (non-hydrogen) atoms. The number of thiol groups is 2. The van der Waals surface area contributed by atoms with Gasteiger partial charge < -0.3 is 0 Å². The topological polar surface area (TPSA) is 0 Å². The fourth-order valence-corrected chi connectivity index (χ4v) is 1.77. The van der Waals surface area contributed by atoms with Crippen molar-refractivity contribution in [1.82, 2.24) is 0 Å². The molecule has 0 radical (unpaired) electrons. The summed E-state index contributed by atoms with van der Waals surface area (Å²) >= 11 is 8.83. The summed E-state index contributed by atoms with van der Waals surface area (Å²) in [5.41, 5.74) is 0. The van der Waals surface area contributed by atoms with Crippen LogP contribution < -0.4 is 0 Å². The van der Waals surface area contributed by atoms with Crippen molar-refractivity contribution < 1.29 is 0 Å². The summed E-state index contributed by atoms with van der Waals surface area (Å²) < 4.78 is 0. The zero-order chi connectivity index (χ0) is 7.56. The molecule has 1 aliphatic carbocycles. The van der Waals surface area contributed by atoms with Crippen molar-refractivity contribution in [3.63, 3.8) is 0 Å². The van der Waals surface area contributed by atoms with Crippen LogP contribution in [0.4, 0.5) is 0 Å². The highest BCUT2D eigenvalue weighted by Crippen LogP contribution is 2.27. The molecule has 0 heterocycles. The Morgan fingerprint density at radius 2 is 2.20 bits per heavy atom. The lowest BCUT2D eigenvalue weighted by Crippen LogP contribution is -2.25. The molecule has 0 nitrogen and oxygen atoms in total. The van der Waals surface area contributed by atoms with Crippen LogP contribution in [0, 0.1) is 5.92 Å². The first-order chi connectivity index (χ1) is 4.75. The summed E-state index contributed by atoms with van der Waals surface area (Å²) in [6.45, 7) is 3.74. The largest absolute Gasteiger partial charge is 0.174 e. The average Bonchev–Trinajstić information content (AvgIpc) is 1.95. The molecule has 2 heteroatoms. The first-order valence-electron chi connectivity index (χ1n) is 3.41. The van der Waals surface area contributed by atoms with Gasteiger partial charge in [0.2, 0.25) is 0 Å². The summed E-state index contributed by atoms with van der Waals surface area (Å²) in [7, 11) is 0. The lowest BCUT2D eigenvalue weighted by atomic mass is 9.95. The predicted octanol–water partition coefficient (Wildman–Crippen LogP) is 2.35. The summed E-state index contributed by atoms with van der Waals surface area (Å²) in [4.78, 5) is 0. The number of hydrogen-bond acceptors (Lipinski definition) is 2. The zero-order valence-electron chi connectivity index (χ0n) is 5.77. The molecule has 0 aromatic heterocycles. The Kier molecular flexibility index (Phi) is 2.93. The van der Waals surface area contributed by atoms with Gasteiger partial charge in [0.15, 0.2) is 0 Å². The molecule has 0 saturated heterocycles. The zero-order valence-corrected chi connectivity index (χ0v) is 7.56. The van der Waals surface area contributed by atoms with E-state index in [2.05, 4.69) is 44.0 Å². The van der Waals surface area contributed by atoms with Gasteiger partial charge in [-0.25, -0.2) is 0 Å². The van der Waals surface area contributed by atoms with Gasteiger partial charge in [-0.3, -0.25) is 0 Å². The molecule has 0 aromatic rings. The molecule has 1 rings (SSSR count). The van der Waals surface area contributed by atoms with E-state index in [4.69, 9.17) is 0 Å². The second-order valence-electron chi connectivity index (χ2n) is 2.53. The van der Waals surface area contributed by atoms with Gasteiger partial charge >= 0.3 is 0 Å². The molecule has 0 saturated carbocycles. The first-order valence-corrected chi connectivity index (χ1v) is 4.44. The number of rotatable bonds is 1. The van der Waals surface area contributed by atoms with Gasteiger partial charge in [-0.05, 0) is 6.42 Å². The van der Waals surface area contributed by atoms with Crippen LogP contribution in [0.5, 0.6) is 0 Å². The minimum absolute atomic E-state index is 0.339. The van der Waals surface area contributed by atoms with E-state index in [-0.39, 0.29) is 0 Å². The van der Waals surface area contributed by atoms with Crippen molar-refractivity contribution in [2.45, 2.75) is 16.9 Å². The summed E-state index contributed by atoms with van der Waals surface area (Å²) in [6, 6.07) is 0. The molecular formula is C8H12S2. The standard InChI is InChI=1S/C8H12S2/c1-2-6-4-3-5-7(9)8(6)10/h2-4,6-10H,1,5H2. The third-order valence-electron chi connectivity index (χ3n) is 1.80. The second-order valence-corrected chi connectivity index (χ2v) is 3.79. The third kappa shape index (κ3) is 1.61. The highest BCUT2D eigenvalue weighted by molar-refractivity contribution is 7.85. The molecule has 3 atom stereocenters. The molecule has 0 aliphatic heterocycles. The van der Waals surface area contributed by atoms with Crippen LogP contribution in [-0.2, 0) is 0 Å². The van der Waals surface area contributed by atoms with Crippen molar-refractivity contribution in [3.05, 3.63) is 24.8 Å². The molecule has 0 aromatic carbocycles. The second kappa shape index (κ2) is 3.54. The first kappa shape index (κ1) is 8.28. The molecule has 1 aliphatic rings. The van der Waals surface area contributed by atoms with E-state index in [0.717, 1.165) is 6.42 Å². The van der Waals surface area contributed by atoms with E-state index >= 15 is 0 Å². The van der Waals surface area contributed by atoms with Gasteiger partial charge in [-0.1, -0.05) is 18.2 Å². The van der Waals surface area contributed by atoms with E-state index in [0.29, 0.717) is 16.4 Å². The highest BCUT2D eigenvalue weighted by atomic mass is 32.1. The van der Waals surface area contributed by atoms with E-state index in [9.17, 15) is 0 Å². The van der Waals surface area contributed by atoms with E-state index in [1.807, 2.05) is 6.08 Å². The van der Waals surface area contributed by atoms with Crippen LogP contribution in [-0.4, -0.2) is 10.5 Å². The van der Waals surface area contributed by atoms with Gasteiger partial charge in [0.1, 0.15) is 0 Å². The fourth-order valence-electron chi connectivity index (χ4n) is 1.10. The van der Waals surface area contributed by atoms with Crippen molar-refractivity contribution in [2.24, 2.45) is 5.92 Å². The maximum Gasteiger partial charge on any atom is 0.0234 e. The predicted molar refractivity (Wildman–Crippen MR) is 53.0 cm³/mol. The van der Waals surface area contributed by atoms with E-state index in [1.165, 1.54) is 0 Å². The van der Waals surface area contributed by atoms with Gasteiger partial charge in [-0.15, -0.1) is 6.58 Å². The molecule has 0 fully saturated rings. The monoisotopic (exact) mass is 172 g/mol. The maximum atomic E-state index is 4.43. The molecule has 3 unspecified atom stereocenters. The van der Waals surface area contributed by atoms with Crippen LogP contribution in [0.25, 0.3) is 0 Å². The minimum Gasteiger partial charge on any atom is -0.174 e. The SMILES string of the molecule is C=CC1C=CCC(S)C1S. The fraction of sp³-hybridized carbons (Fsp3) is 0.500. The minimum atomic E-state index is 0.339. The van der Waals surface area contributed by atoms with Crippen LogP contribution in [0.15, 0.2) is 24.8 Å². The molecule has 0 N–H and O–H groups in total. The van der Waals surface area contributed by atoms with Crippen LogP contribution in [0.3, 0.4) is 0 Å².